The molecule has 0 unspecified atom stereocenters. The molecular formula is C13H20BrNO2. The first-order valence-corrected chi connectivity index (χ1v) is 6.43. The van der Waals surface area contributed by atoms with Gasteiger partial charge in [0.05, 0.1) is 18.7 Å². The molecule has 96 valence electrons. The Balaban J connectivity index is 2.79. The fourth-order valence-electron chi connectivity index (χ4n) is 1.70. The number of rotatable bonds is 6. The molecule has 0 bridgehead atoms. The highest BCUT2D eigenvalue weighted by atomic mass is 79.9. The molecule has 0 aliphatic heterocycles. The van der Waals surface area contributed by atoms with E-state index in [2.05, 4.69) is 41.0 Å². The van der Waals surface area contributed by atoms with Crippen molar-refractivity contribution in [1.29, 1.82) is 0 Å². The molecule has 0 amide bonds. The van der Waals surface area contributed by atoms with Gasteiger partial charge in [0.2, 0.25) is 0 Å². The van der Waals surface area contributed by atoms with Crippen LogP contribution in [0, 0.1) is 0 Å². The minimum atomic E-state index is 0.804. The van der Waals surface area contributed by atoms with Crippen molar-refractivity contribution in [2.45, 2.75) is 12.8 Å². The summed E-state index contributed by atoms with van der Waals surface area (Å²) >= 11 is 3.50. The minimum Gasteiger partial charge on any atom is -0.496 e. The fraction of sp³-hybridized carbons (Fsp3) is 0.538. The first-order valence-electron chi connectivity index (χ1n) is 5.63. The van der Waals surface area contributed by atoms with Crippen molar-refractivity contribution in [2.75, 3.05) is 34.9 Å². The first-order chi connectivity index (χ1) is 8.08. The number of halogens is 1. The lowest BCUT2D eigenvalue weighted by Crippen LogP contribution is -2.13. The summed E-state index contributed by atoms with van der Waals surface area (Å²) < 4.78 is 11.6. The fourth-order valence-corrected chi connectivity index (χ4v) is 2.26. The van der Waals surface area contributed by atoms with Crippen LogP contribution in [-0.2, 0) is 6.42 Å². The minimum absolute atomic E-state index is 0.804. The van der Waals surface area contributed by atoms with Gasteiger partial charge in [0.25, 0.3) is 0 Å². The molecule has 1 rings (SSSR count). The van der Waals surface area contributed by atoms with Crippen molar-refractivity contribution in [1.82, 2.24) is 4.90 Å². The topological polar surface area (TPSA) is 21.7 Å². The zero-order chi connectivity index (χ0) is 12.8. The Morgan fingerprint density at radius 2 is 1.76 bits per heavy atom. The van der Waals surface area contributed by atoms with Gasteiger partial charge in [-0.2, -0.15) is 0 Å². The van der Waals surface area contributed by atoms with Crippen LogP contribution >= 0.6 is 15.9 Å². The van der Waals surface area contributed by atoms with Crippen LogP contribution in [0.4, 0.5) is 0 Å². The molecule has 1 aromatic rings. The van der Waals surface area contributed by atoms with E-state index in [-0.39, 0.29) is 0 Å². The van der Waals surface area contributed by atoms with Gasteiger partial charge in [-0.15, -0.1) is 0 Å². The van der Waals surface area contributed by atoms with Gasteiger partial charge in [0.15, 0.2) is 0 Å². The summed E-state index contributed by atoms with van der Waals surface area (Å²) in [4.78, 5) is 2.19. The van der Waals surface area contributed by atoms with Crippen molar-refractivity contribution in [3.8, 4) is 11.5 Å². The molecule has 0 radical (unpaired) electrons. The molecule has 0 fully saturated rings. The van der Waals surface area contributed by atoms with Crippen LogP contribution in [0.5, 0.6) is 11.5 Å². The summed E-state index contributed by atoms with van der Waals surface area (Å²) in [7, 11) is 7.52. The third-order valence-electron chi connectivity index (χ3n) is 2.61. The summed E-state index contributed by atoms with van der Waals surface area (Å²) in [6, 6.07) is 4.00. The van der Waals surface area contributed by atoms with Gasteiger partial charge >= 0.3 is 0 Å². The Kier molecular flexibility index (Phi) is 5.78. The first kappa shape index (κ1) is 14.3. The molecule has 0 aromatic heterocycles. The molecule has 0 heterocycles. The lowest BCUT2D eigenvalue weighted by Gasteiger charge is -2.13. The van der Waals surface area contributed by atoms with E-state index >= 15 is 0 Å². The quantitative estimate of drug-likeness (QED) is 0.806. The summed E-state index contributed by atoms with van der Waals surface area (Å²) in [6.07, 6.45) is 2.12. The predicted octanol–water partition coefficient (Wildman–Crippen LogP) is 2.96. The number of benzene rings is 1. The molecule has 0 spiro atoms. The molecule has 0 aliphatic rings. The Bertz CT molecular complexity index is 367. The van der Waals surface area contributed by atoms with Crippen LogP contribution in [0.25, 0.3) is 0 Å². The van der Waals surface area contributed by atoms with E-state index in [1.54, 1.807) is 14.2 Å². The largest absolute Gasteiger partial charge is 0.496 e. The van der Waals surface area contributed by atoms with Gasteiger partial charge in [-0.25, -0.2) is 0 Å². The summed E-state index contributed by atoms with van der Waals surface area (Å²) in [5, 5.41) is 0. The Hall–Kier alpha value is -0.740. The third-order valence-corrected chi connectivity index (χ3v) is 3.23. The van der Waals surface area contributed by atoms with E-state index in [9.17, 15) is 0 Å². The van der Waals surface area contributed by atoms with E-state index < -0.39 is 0 Å². The van der Waals surface area contributed by atoms with E-state index in [0.29, 0.717) is 0 Å². The maximum atomic E-state index is 5.39. The zero-order valence-corrected chi connectivity index (χ0v) is 12.5. The maximum Gasteiger partial charge on any atom is 0.136 e. The highest BCUT2D eigenvalue weighted by Gasteiger charge is 2.09. The zero-order valence-electron chi connectivity index (χ0n) is 10.9. The number of aryl methyl sites for hydroxylation is 1. The van der Waals surface area contributed by atoms with Gasteiger partial charge in [0.1, 0.15) is 11.5 Å². The summed E-state index contributed by atoms with van der Waals surface area (Å²) in [5.41, 5.74) is 1.21. The smallest absolute Gasteiger partial charge is 0.136 e. The second-order valence-corrected chi connectivity index (χ2v) is 5.06. The van der Waals surface area contributed by atoms with Gasteiger partial charge in [-0.05, 0) is 61.0 Å². The van der Waals surface area contributed by atoms with Crippen LogP contribution in [0.1, 0.15) is 12.0 Å². The van der Waals surface area contributed by atoms with E-state index in [0.717, 1.165) is 35.4 Å². The molecule has 3 nitrogen and oxygen atoms in total. The highest BCUT2D eigenvalue weighted by Crippen LogP contribution is 2.33. The molecule has 1 aromatic carbocycles. The average molecular weight is 302 g/mol. The molecule has 0 atom stereocenters. The molecule has 0 N–H and O–H groups in total. The summed E-state index contributed by atoms with van der Waals surface area (Å²) in [6.45, 7) is 1.08. The summed E-state index contributed by atoms with van der Waals surface area (Å²) in [5.74, 6) is 1.70. The standard InChI is InChI=1S/C13H20BrNO2/c1-15(2)7-5-6-10-8-11(14)13(17-4)9-12(10)16-3/h8-9H,5-7H2,1-4H3. The molecule has 0 saturated heterocycles. The Labute approximate surface area is 112 Å². The number of ether oxygens (including phenoxy) is 2. The van der Waals surface area contributed by atoms with Gasteiger partial charge in [-0.3, -0.25) is 0 Å². The van der Waals surface area contributed by atoms with Gasteiger partial charge < -0.3 is 14.4 Å². The van der Waals surface area contributed by atoms with E-state index in [4.69, 9.17) is 9.47 Å². The number of nitrogens with zero attached hydrogens (tertiary/aromatic N) is 1. The van der Waals surface area contributed by atoms with Crippen LogP contribution in [-0.4, -0.2) is 39.8 Å². The van der Waals surface area contributed by atoms with Crippen molar-refractivity contribution >= 4 is 15.9 Å². The number of hydrogen-bond donors (Lipinski definition) is 0. The van der Waals surface area contributed by atoms with Crippen molar-refractivity contribution in [3.63, 3.8) is 0 Å². The van der Waals surface area contributed by atoms with Crippen molar-refractivity contribution in [2.24, 2.45) is 0 Å². The molecular weight excluding hydrogens is 282 g/mol. The van der Waals surface area contributed by atoms with Crippen molar-refractivity contribution < 1.29 is 9.47 Å². The SMILES string of the molecule is COc1cc(OC)c(CCCN(C)C)cc1Br. The third kappa shape index (κ3) is 4.21. The van der Waals surface area contributed by atoms with Crippen LogP contribution in [0.3, 0.4) is 0 Å². The van der Waals surface area contributed by atoms with Crippen LogP contribution in [0.2, 0.25) is 0 Å². The monoisotopic (exact) mass is 301 g/mol. The van der Waals surface area contributed by atoms with Gasteiger partial charge in [0, 0.05) is 6.07 Å². The molecule has 0 aliphatic carbocycles. The van der Waals surface area contributed by atoms with Gasteiger partial charge in [-0.1, -0.05) is 0 Å². The lowest BCUT2D eigenvalue weighted by atomic mass is 10.1. The number of methoxy groups -OCH3 is 2. The predicted molar refractivity (Wildman–Crippen MR) is 74.1 cm³/mol. The normalized spacial score (nSPS) is 10.7. The average Bonchev–Trinajstić information content (AvgIpc) is 2.29. The van der Waals surface area contributed by atoms with E-state index in [1.807, 2.05) is 6.07 Å². The lowest BCUT2D eigenvalue weighted by molar-refractivity contribution is 0.382. The molecule has 17 heavy (non-hydrogen) atoms. The van der Waals surface area contributed by atoms with Crippen LogP contribution in [0.15, 0.2) is 16.6 Å². The van der Waals surface area contributed by atoms with Crippen LogP contribution < -0.4 is 9.47 Å². The second-order valence-electron chi connectivity index (χ2n) is 4.21. The Morgan fingerprint density at radius 3 is 2.29 bits per heavy atom. The molecule has 4 heteroatoms. The Morgan fingerprint density at radius 1 is 1.12 bits per heavy atom. The molecule has 0 saturated carbocycles. The highest BCUT2D eigenvalue weighted by molar-refractivity contribution is 9.10. The second kappa shape index (κ2) is 6.87. The van der Waals surface area contributed by atoms with Crippen molar-refractivity contribution in [3.05, 3.63) is 22.2 Å². The maximum absolute atomic E-state index is 5.39. The van der Waals surface area contributed by atoms with E-state index in [1.165, 1.54) is 5.56 Å². The number of hydrogen-bond acceptors (Lipinski definition) is 3.